The molecule has 1 heterocycles. The third-order valence-electron chi connectivity index (χ3n) is 5.79. The molecule has 2 rings (SSSR count). The average Bonchev–Trinajstić information content (AvgIpc) is 3.15. The fourth-order valence-electron chi connectivity index (χ4n) is 3.98. The largest absolute Gasteiger partial charge is 0.396 e. The van der Waals surface area contributed by atoms with E-state index in [0.717, 1.165) is 42.1 Å². The molecule has 0 saturated carbocycles. The number of aromatic nitrogens is 1. The summed E-state index contributed by atoms with van der Waals surface area (Å²) in [4.78, 5) is 12.7. The molecule has 0 spiro atoms. The van der Waals surface area contributed by atoms with Crippen LogP contribution >= 0.6 is 0 Å². The summed E-state index contributed by atoms with van der Waals surface area (Å²) in [6, 6.07) is 7.97. The molecule has 3 heteroatoms. The highest BCUT2D eigenvalue weighted by molar-refractivity contribution is 5.94. The van der Waals surface area contributed by atoms with Gasteiger partial charge in [-0.15, -0.1) is 0 Å². The van der Waals surface area contributed by atoms with Gasteiger partial charge in [0.05, 0.1) is 5.52 Å². The number of hydrogen-bond donors (Lipinski definition) is 1. The Balaban J connectivity index is 1.57. The molecule has 0 aliphatic heterocycles. The van der Waals surface area contributed by atoms with Crippen LogP contribution in [0.4, 0.5) is 0 Å². The highest BCUT2D eigenvalue weighted by Crippen LogP contribution is 2.22. The van der Waals surface area contributed by atoms with Crippen molar-refractivity contribution in [1.82, 2.24) is 4.57 Å². The SMILES string of the molecule is CCCCC/C=C\C/C=C\CCCCCCCC(=O)n1cc(CCO)c2ccccc21. The number of carbonyl (C=O) groups is 1. The molecule has 3 nitrogen and oxygen atoms in total. The van der Waals surface area contributed by atoms with E-state index in [1.807, 2.05) is 30.5 Å². The lowest BCUT2D eigenvalue weighted by molar-refractivity contribution is 0.0904. The lowest BCUT2D eigenvalue weighted by Gasteiger charge is -2.04. The van der Waals surface area contributed by atoms with E-state index in [2.05, 4.69) is 31.2 Å². The van der Waals surface area contributed by atoms with Gasteiger partial charge >= 0.3 is 0 Å². The van der Waals surface area contributed by atoms with E-state index in [1.165, 1.54) is 44.9 Å². The highest BCUT2D eigenvalue weighted by atomic mass is 16.3. The zero-order valence-corrected chi connectivity index (χ0v) is 19.4. The molecular weight excluding hydrogens is 382 g/mol. The van der Waals surface area contributed by atoms with Crippen LogP contribution in [0.25, 0.3) is 10.9 Å². The molecule has 31 heavy (non-hydrogen) atoms. The average molecular weight is 424 g/mol. The minimum atomic E-state index is 0.104. The van der Waals surface area contributed by atoms with Crippen LogP contribution in [0.5, 0.6) is 0 Å². The molecule has 0 fully saturated rings. The van der Waals surface area contributed by atoms with Crippen LogP contribution in [0.2, 0.25) is 0 Å². The van der Waals surface area contributed by atoms with Gasteiger partial charge in [-0.05, 0) is 56.6 Å². The third kappa shape index (κ3) is 9.26. The van der Waals surface area contributed by atoms with Gasteiger partial charge in [-0.25, -0.2) is 0 Å². The first-order valence-corrected chi connectivity index (χ1v) is 12.3. The van der Waals surface area contributed by atoms with E-state index in [-0.39, 0.29) is 12.5 Å². The Labute approximate surface area is 188 Å². The number of allylic oxidation sites excluding steroid dienone is 4. The van der Waals surface area contributed by atoms with Crippen molar-refractivity contribution in [2.24, 2.45) is 0 Å². The molecule has 1 aromatic heterocycles. The van der Waals surface area contributed by atoms with E-state index < -0.39 is 0 Å². The zero-order chi connectivity index (χ0) is 22.2. The van der Waals surface area contributed by atoms with Crippen molar-refractivity contribution >= 4 is 16.8 Å². The fraction of sp³-hybridized carbons (Fsp3) is 0.536. The Bertz CT molecular complexity index is 816. The number of fused-ring (bicyclic) bond motifs is 1. The maximum absolute atomic E-state index is 12.7. The van der Waals surface area contributed by atoms with Crippen molar-refractivity contribution in [3.8, 4) is 0 Å². The molecule has 0 bridgehead atoms. The second-order valence-electron chi connectivity index (χ2n) is 8.39. The molecular formula is C28H41NO2. The monoisotopic (exact) mass is 423 g/mol. The number of unbranched alkanes of at least 4 members (excludes halogenated alkanes) is 8. The van der Waals surface area contributed by atoms with Crippen LogP contribution in [0.1, 0.15) is 94.3 Å². The lowest BCUT2D eigenvalue weighted by atomic mass is 10.1. The number of nitrogens with zero attached hydrogens (tertiary/aromatic N) is 1. The van der Waals surface area contributed by atoms with Gasteiger partial charge in [0.2, 0.25) is 5.91 Å². The Morgan fingerprint density at radius 2 is 1.58 bits per heavy atom. The smallest absolute Gasteiger partial charge is 0.231 e. The summed E-state index contributed by atoms with van der Waals surface area (Å²) >= 11 is 0. The Hall–Kier alpha value is -2.13. The molecule has 170 valence electrons. The Morgan fingerprint density at radius 3 is 2.32 bits per heavy atom. The van der Waals surface area contributed by atoms with Crippen LogP contribution < -0.4 is 0 Å². The molecule has 0 radical (unpaired) electrons. The number of para-hydroxylation sites is 1. The lowest BCUT2D eigenvalue weighted by Crippen LogP contribution is -2.08. The number of aliphatic hydroxyl groups is 1. The van der Waals surface area contributed by atoms with Gasteiger partial charge < -0.3 is 5.11 Å². The number of benzene rings is 1. The summed E-state index contributed by atoms with van der Waals surface area (Å²) in [6.07, 6.45) is 25.4. The molecule has 0 amide bonds. The summed E-state index contributed by atoms with van der Waals surface area (Å²) < 4.78 is 1.78. The number of hydrogen-bond acceptors (Lipinski definition) is 2. The van der Waals surface area contributed by atoms with Gasteiger partial charge in [-0.2, -0.15) is 0 Å². The molecule has 0 atom stereocenters. The zero-order valence-electron chi connectivity index (χ0n) is 19.4. The molecule has 0 unspecified atom stereocenters. The van der Waals surface area contributed by atoms with Crippen molar-refractivity contribution in [3.05, 3.63) is 60.3 Å². The van der Waals surface area contributed by atoms with Gasteiger partial charge in [-0.1, -0.05) is 81.5 Å². The second kappa shape index (κ2) is 15.6. The summed E-state index contributed by atoms with van der Waals surface area (Å²) in [5.74, 6) is 0.158. The minimum absolute atomic E-state index is 0.104. The molecule has 0 saturated heterocycles. The van der Waals surface area contributed by atoms with Crippen LogP contribution in [0, 0.1) is 0 Å². The normalized spacial score (nSPS) is 11.9. The highest BCUT2D eigenvalue weighted by Gasteiger charge is 2.12. The molecule has 2 aromatic rings. The standard InChI is InChI=1S/C28H41NO2/c1-2-3-4-5-6-7-8-9-10-11-12-13-14-15-16-21-28(31)29-24-25(22-23-30)26-19-17-18-20-27(26)29/h6-7,9-10,17-20,24,30H,2-5,8,11-16,21-23H2,1H3/b7-6-,10-9-. The van der Waals surface area contributed by atoms with E-state index in [1.54, 1.807) is 4.57 Å². The number of carbonyl (C=O) groups excluding carboxylic acids is 1. The molecule has 0 aliphatic rings. The van der Waals surface area contributed by atoms with Gasteiger partial charge in [0.15, 0.2) is 0 Å². The van der Waals surface area contributed by atoms with E-state index in [9.17, 15) is 9.90 Å². The van der Waals surface area contributed by atoms with Crippen molar-refractivity contribution < 1.29 is 9.90 Å². The maximum Gasteiger partial charge on any atom is 0.231 e. The van der Waals surface area contributed by atoms with Crippen molar-refractivity contribution in [2.45, 2.75) is 90.4 Å². The Morgan fingerprint density at radius 1 is 0.903 bits per heavy atom. The van der Waals surface area contributed by atoms with E-state index >= 15 is 0 Å². The van der Waals surface area contributed by atoms with Crippen LogP contribution in [-0.2, 0) is 6.42 Å². The van der Waals surface area contributed by atoms with E-state index in [4.69, 9.17) is 0 Å². The summed E-state index contributed by atoms with van der Waals surface area (Å²) in [5, 5.41) is 10.4. The van der Waals surface area contributed by atoms with Crippen molar-refractivity contribution in [2.75, 3.05) is 6.61 Å². The van der Waals surface area contributed by atoms with Gasteiger partial charge in [0, 0.05) is 24.6 Å². The van der Waals surface area contributed by atoms with Gasteiger partial charge in [0.25, 0.3) is 0 Å². The number of aliphatic hydroxyl groups excluding tert-OH is 1. The third-order valence-corrected chi connectivity index (χ3v) is 5.79. The molecule has 0 aliphatic carbocycles. The summed E-state index contributed by atoms with van der Waals surface area (Å²) in [5.41, 5.74) is 2.00. The Kier molecular flexibility index (Phi) is 12.7. The summed E-state index contributed by atoms with van der Waals surface area (Å²) in [6.45, 7) is 2.35. The second-order valence-corrected chi connectivity index (χ2v) is 8.39. The predicted molar refractivity (Wildman–Crippen MR) is 133 cm³/mol. The van der Waals surface area contributed by atoms with Crippen molar-refractivity contribution in [1.29, 1.82) is 0 Å². The minimum Gasteiger partial charge on any atom is -0.396 e. The predicted octanol–water partition coefficient (Wildman–Crippen LogP) is 7.63. The topological polar surface area (TPSA) is 42.2 Å². The number of rotatable bonds is 16. The van der Waals surface area contributed by atoms with Crippen LogP contribution in [-0.4, -0.2) is 22.2 Å². The first kappa shape index (κ1) is 25.1. The fourth-order valence-corrected chi connectivity index (χ4v) is 3.98. The maximum atomic E-state index is 12.7. The molecule has 1 N–H and O–H groups in total. The van der Waals surface area contributed by atoms with Gasteiger partial charge in [-0.3, -0.25) is 9.36 Å². The van der Waals surface area contributed by atoms with E-state index in [0.29, 0.717) is 12.8 Å². The van der Waals surface area contributed by atoms with Crippen LogP contribution in [0.3, 0.4) is 0 Å². The quantitative estimate of drug-likeness (QED) is 0.223. The summed E-state index contributed by atoms with van der Waals surface area (Å²) in [7, 11) is 0. The first-order valence-electron chi connectivity index (χ1n) is 12.3. The first-order chi connectivity index (χ1) is 15.3. The molecule has 1 aromatic carbocycles. The van der Waals surface area contributed by atoms with Gasteiger partial charge in [0.1, 0.15) is 0 Å². The van der Waals surface area contributed by atoms with Crippen LogP contribution in [0.15, 0.2) is 54.8 Å². The van der Waals surface area contributed by atoms with Crippen molar-refractivity contribution in [3.63, 3.8) is 0 Å².